The van der Waals surface area contributed by atoms with Gasteiger partial charge in [-0.1, -0.05) is 7.43 Å². The maximum absolute atomic E-state index is 9.15. The molecule has 0 bridgehead atoms. The maximum atomic E-state index is 9.15. The van der Waals surface area contributed by atoms with Crippen LogP contribution in [0.15, 0.2) is 0 Å². The summed E-state index contributed by atoms with van der Waals surface area (Å²) in [5.74, 6) is 0. The van der Waals surface area contributed by atoms with E-state index in [-0.39, 0.29) is 7.43 Å². The molecule has 0 aliphatic heterocycles. The van der Waals surface area contributed by atoms with Crippen LogP contribution in [0.2, 0.25) is 0 Å². The van der Waals surface area contributed by atoms with Crippen LogP contribution in [0.4, 0.5) is 0 Å². The third-order valence-corrected chi connectivity index (χ3v) is 0. The highest BCUT2D eigenvalue weighted by Gasteiger charge is 1.83. The Bertz CT molecular complexity index is 74.6. The first-order chi connectivity index (χ1) is 3.46. The zero-order valence-electron chi connectivity index (χ0n) is 4.02. The van der Waals surface area contributed by atoms with Crippen LogP contribution in [-0.4, -0.2) is 0 Å². The molecule has 8 heteroatoms. The minimum atomic E-state index is -1.87. The first kappa shape index (κ1) is 16.0. The van der Waals surface area contributed by atoms with E-state index in [1.54, 1.807) is 0 Å². The molecule has 0 aliphatic carbocycles. The molecule has 0 heterocycles. The van der Waals surface area contributed by atoms with Crippen molar-refractivity contribution in [2.24, 2.45) is 22.0 Å². The topological polar surface area (TPSA) is 138 Å². The summed E-state index contributed by atoms with van der Waals surface area (Å²) in [4.78, 5) is 0. The van der Waals surface area contributed by atoms with Gasteiger partial charge in [0.1, 0.15) is 0 Å². The summed E-state index contributed by atoms with van der Waals surface area (Å²) in [6.45, 7) is 0. The molecule has 0 aliphatic rings. The van der Waals surface area contributed by atoms with Gasteiger partial charge in [0.05, 0.1) is 0 Å². The number of hydrogen-bond acceptors (Lipinski definition) is 2. The molecule has 56 valence electrons. The molecule has 0 amide bonds. The highest BCUT2D eigenvalue weighted by molar-refractivity contribution is 7.39. The van der Waals surface area contributed by atoms with E-state index in [4.69, 9.17) is 9.13 Å². The van der Waals surface area contributed by atoms with Crippen LogP contribution in [0.1, 0.15) is 7.43 Å². The van der Waals surface area contributed by atoms with Crippen LogP contribution in [0.25, 0.3) is 0 Å². The second-order valence-corrected chi connectivity index (χ2v) is 2.16. The summed E-state index contributed by atoms with van der Waals surface area (Å²) in [5, 5.41) is 0. The fraction of sp³-hybridized carbons (Fsp3) is 1.00. The standard InChI is InChI=1S/CH4.2H4N2OP/c;2*1-4(2)3/h1H4;2*(H4,1,2,3)/q;2*+1. The Morgan fingerprint density at radius 3 is 0.778 bits per heavy atom. The Kier molecular flexibility index (Phi) is 19.4. The Hall–Kier alpha value is 0.0400. The smallest absolute Gasteiger partial charge is 0.104 e. The highest BCUT2D eigenvalue weighted by atomic mass is 31.1. The Balaban J connectivity index is -0.0000000720. The SMILES string of the molecule is C.N[P+](N)=O.N[P+](N)=O. The fourth-order valence-corrected chi connectivity index (χ4v) is 0. The van der Waals surface area contributed by atoms with Crippen LogP contribution in [0, 0.1) is 0 Å². The van der Waals surface area contributed by atoms with E-state index >= 15 is 0 Å². The van der Waals surface area contributed by atoms with Gasteiger partial charge in [-0.2, -0.15) is 0 Å². The molecule has 0 atom stereocenters. The fourth-order valence-electron chi connectivity index (χ4n) is 0. The van der Waals surface area contributed by atoms with E-state index in [1.165, 1.54) is 0 Å². The van der Waals surface area contributed by atoms with Gasteiger partial charge in [-0.05, 0) is 9.13 Å². The van der Waals surface area contributed by atoms with E-state index in [1.807, 2.05) is 0 Å². The lowest BCUT2D eigenvalue weighted by molar-refractivity contribution is 0.588. The van der Waals surface area contributed by atoms with Crippen LogP contribution in [-0.2, 0) is 9.13 Å². The average molecular weight is 174 g/mol. The summed E-state index contributed by atoms with van der Waals surface area (Å²) in [7, 11) is -3.74. The van der Waals surface area contributed by atoms with Gasteiger partial charge in [0.25, 0.3) is 0 Å². The van der Waals surface area contributed by atoms with Gasteiger partial charge in [-0.3, -0.25) is 0 Å². The second-order valence-electron chi connectivity index (χ2n) is 0.720. The lowest BCUT2D eigenvalue weighted by Gasteiger charge is -1.39. The molecular formula is CH12N4O2P2+2. The normalized spacial score (nSPS) is 5.78. The number of rotatable bonds is 0. The van der Waals surface area contributed by atoms with Crippen molar-refractivity contribution in [3.63, 3.8) is 0 Å². The molecule has 0 spiro atoms. The van der Waals surface area contributed by atoms with Gasteiger partial charge in [-0.25, -0.2) is 0 Å². The Labute approximate surface area is 55.7 Å². The summed E-state index contributed by atoms with van der Waals surface area (Å²) in [5.41, 5.74) is 17.6. The minimum absolute atomic E-state index is 0. The minimum Gasteiger partial charge on any atom is -0.104 e. The van der Waals surface area contributed by atoms with Crippen LogP contribution in [0.5, 0.6) is 0 Å². The molecule has 0 saturated heterocycles. The summed E-state index contributed by atoms with van der Waals surface area (Å²) >= 11 is 0. The van der Waals surface area contributed by atoms with Crippen molar-refractivity contribution in [1.29, 1.82) is 0 Å². The summed E-state index contributed by atoms with van der Waals surface area (Å²) in [6, 6.07) is 0. The first-order valence-electron chi connectivity index (χ1n) is 1.40. The van der Waals surface area contributed by atoms with Crippen molar-refractivity contribution in [1.82, 2.24) is 0 Å². The van der Waals surface area contributed by atoms with Crippen LogP contribution in [0.3, 0.4) is 0 Å². The quantitative estimate of drug-likeness (QED) is 0.373. The monoisotopic (exact) mass is 174 g/mol. The third kappa shape index (κ3) is 183000. The summed E-state index contributed by atoms with van der Waals surface area (Å²) in [6.07, 6.45) is 0. The number of nitrogens with two attached hydrogens (primary N) is 4. The highest BCUT2D eigenvalue weighted by Crippen LogP contribution is 1.83. The van der Waals surface area contributed by atoms with Crippen LogP contribution < -0.4 is 22.0 Å². The Morgan fingerprint density at radius 1 is 0.778 bits per heavy atom. The van der Waals surface area contributed by atoms with Crippen molar-refractivity contribution in [3.8, 4) is 0 Å². The largest absolute Gasteiger partial charge is 0.526 e. The second kappa shape index (κ2) is 10.9. The zero-order chi connectivity index (χ0) is 7.15. The van der Waals surface area contributed by atoms with Crippen molar-refractivity contribution in [2.75, 3.05) is 0 Å². The van der Waals surface area contributed by atoms with Gasteiger partial charge >= 0.3 is 16.2 Å². The predicted octanol–water partition coefficient (Wildman–Crippen LogP) is -0.241. The van der Waals surface area contributed by atoms with Crippen molar-refractivity contribution < 1.29 is 9.13 Å². The van der Waals surface area contributed by atoms with E-state index < -0.39 is 16.2 Å². The average Bonchev–Trinajstić information content (AvgIpc) is 1.25. The maximum Gasteiger partial charge on any atom is 0.526 e. The van der Waals surface area contributed by atoms with Gasteiger partial charge < -0.3 is 0 Å². The molecule has 0 aromatic heterocycles. The van der Waals surface area contributed by atoms with Crippen molar-refractivity contribution in [2.45, 2.75) is 7.43 Å². The molecule has 8 N–H and O–H groups in total. The Morgan fingerprint density at radius 2 is 0.778 bits per heavy atom. The van der Waals surface area contributed by atoms with E-state index in [2.05, 4.69) is 22.0 Å². The van der Waals surface area contributed by atoms with Crippen LogP contribution >= 0.6 is 16.2 Å². The van der Waals surface area contributed by atoms with Crippen molar-refractivity contribution in [3.05, 3.63) is 0 Å². The molecule has 0 unspecified atom stereocenters. The lowest BCUT2D eigenvalue weighted by Crippen LogP contribution is -1.85. The first-order valence-corrected chi connectivity index (χ1v) is 4.19. The third-order valence-electron chi connectivity index (χ3n) is 0. The van der Waals surface area contributed by atoms with E-state index in [0.29, 0.717) is 0 Å². The molecule has 9 heavy (non-hydrogen) atoms. The molecule has 0 radical (unpaired) electrons. The summed E-state index contributed by atoms with van der Waals surface area (Å²) < 4.78 is 18.3. The van der Waals surface area contributed by atoms with Gasteiger partial charge in [0, 0.05) is 0 Å². The molecular weight excluding hydrogens is 162 g/mol. The van der Waals surface area contributed by atoms with Crippen molar-refractivity contribution >= 4 is 16.2 Å². The van der Waals surface area contributed by atoms with Gasteiger partial charge in [0.2, 0.25) is 0 Å². The van der Waals surface area contributed by atoms with Gasteiger partial charge in [-0.15, -0.1) is 22.0 Å². The molecule has 6 nitrogen and oxygen atoms in total. The molecule has 0 rings (SSSR count). The lowest BCUT2D eigenvalue weighted by atomic mass is 12.0. The molecule has 0 aromatic carbocycles. The van der Waals surface area contributed by atoms with E-state index in [9.17, 15) is 0 Å². The molecule has 0 saturated carbocycles. The predicted molar refractivity (Wildman–Crippen MR) is 38.7 cm³/mol. The number of hydrogen-bond donors (Lipinski definition) is 4. The van der Waals surface area contributed by atoms with Gasteiger partial charge in [0.15, 0.2) is 0 Å². The molecule has 0 fully saturated rings. The zero-order valence-corrected chi connectivity index (χ0v) is 5.81. The van der Waals surface area contributed by atoms with E-state index in [0.717, 1.165) is 0 Å². The molecule has 0 aromatic rings.